The molecule has 0 aromatic rings. The normalized spacial score (nSPS) is 22.6. The maximum absolute atomic E-state index is 12.5. The summed E-state index contributed by atoms with van der Waals surface area (Å²) in [5.74, 6) is 0.124. The molecule has 18 heavy (non-hydrogen) atoms. The van der Waals surface area contributed by atoms with Crippen LogP contribution in [0, 0.1) is 0 Å². The van der Waals surface area contributed by atoms with E-state index in [0.717, 1.165) is 32.1 Å². The van der Waals surface area contributed by atoms with Crippen LogP contribution in [0.2, 0.25) is 0 Å². The number of rotatable bonds is 6. The van der Waals surface area contributed by atoms with Crippen molar-refractivity contribution in [1.82, 2.24) is 10.2 Å². The van der Waals surface area contributed by atoms with E-state index < -0.39 is 0 Å². The number of hydrogen-bond acceptors (Lipinski definition) is 2. The van der Waals surface area contributed by atoms with Gasteiger partial charge in [-0.25, -0.2) is 0 Å². The van der Waals surface area contributed by atoms with Crippen LogP contribution in [0.3, 0.4) is 0 Å². The van der Waals surface area contributed by atoms with Crippen LogP contribution in [-0.4, -0.2) is 35.3 Å². The van der Waals surface area contributed by atoms with E-state index in [9.17, 15) is 9.59 Å². The van der Waals surface area contributed by atoms with E-state index in [4.69, 9.17) is 0 Å². The second-order valence-corrected chi connectivity index (χ2v) is 5.04. The Balaban J connectivity index is 2.81. The quantitative estimate of drug-likeness (QED) is 0.789. The van der Waals surface area contributed by atoms with Crippen LogP contribution in [0.1, 0.15) is 59.3 Å². The topological polar surface area (TPSA) is 49.4 Å². The van der Waals surface area contributed by atoms with Crippen molar-refractivity contribution in [2.24, 2.45) is 0 Å². The van der Waals surface area contributed by atoms with Crippen molar-refractivity contribution in [3.05, 3.63) is 0 Å². The van der Waals surface area contributed by atoms with Crippen LogP contribution in [0.25, 0.3) is 0 Å². The standard InChI is InChI=1S/C14H26N2O2/c1-4-7-11(6-3)16-10-9-13(17)15-12(8-5-2)14(16)18/h11-12H,4-10H2,1-3H3,(H,15,17). The maximum atomic E-state index is 12.5. The van der Waals surface area contributed by atoms with Crippen molar-refractivity contribution in [3.63, 3.8) is 0 Å². The Morgan fingerprint density at radius 3 is 2.56 bits per heavy atom. The number of nitrogens with zero attached hydrogens (tertiary/aromatic N) is 1. The summed E-state index contributed by atoms with van der Waals surface area (Å²) in [4.78, 5) is 26.0. The first kappa shape index (κ1) is 15.0. The minimum atomic E-state index is -0.309. The summed E-state index contributed by atoms with van der Waals surface area (Å²) in [6, 6.07) is -0.0227. The Bertz CT molecular complexity index is 292. The molecule has 2 unspecified atom stereocenters. The molecule has 1 aliphatic heterocycles. The third-order valence-electron chi connectivity index (χ3n) is 3.61. The molecule has 0 aromatic heterocycles. The SMILES string of the molecule is CCCC1NC(=O)CCN(C(CC)CCC)C1=O. The van der Waals surface area contributed by atoms with Gasteiger partial charge in [0.05, 0.1) is 0 Å². The maximum Gasteiger partial charge on any atom is 0.245 e. The van der Waals surface area contributed by atoms with Crippen molar-refractivity contribution >= 4 is 11.8 Å². The number of hydrogen-bond donors (Lipinski definition) is 1. The summed E-state index contributed by atoms with van der Waals surface area (Å²) in [5, 5.41) is 2.85. The summed E-state index contributed by atoms with van der Waals surface area (Å²) in [5.41, 5.74) is 0. The van der Waals surface area contributed by atoms with Gasteiger partial charge in [-0.3, -0.25) is 9.59 Å². The Kier molecular flexibility index (Phi) is 6.16. The Labute approximate surface area is 110 Å². The monoisotopic (exact) mass is 254 g/mol. The van der Waals surface area contributed by atoms with Crippen LogP contribution in [0.15, 0.2) is 0 Å². The number of nitrogens with one attached hydrogen (secondary N) is 1. The smallest absolute Gasteiger partial charge is 0.245 e. The summed E-state index contributed by atoms with van der Waals surface area (Å²) in [7, 11) is 0. The summed E-state index contributed by atoms with van der Waals surface area (Å²) >= 11 is 0. The van der Waals surface area contributed by atoms with E-state index in [2.05, 4.69) is 19.2 Å². The van der Waals surface area contributed by atoms with E-state index in [1.807, 2.05) is 11.8 Å². The zero-order valence-corrected chi connectivity index (χ0v) is 11.9. The first-order chi connectivity index (χ1) is 8.63. The molecule has 1 N–H and O–H groups in total. The van der Waals surface area contributed by atoms with E-state index in [-0.39, 0.29) is 23.9 Å². The Morgan fingerprint density at radius 2 is 2.00 bits per heavy atom. The van der Waals surface area contributed by atoms with Crippen molar-refractivity contribution in [2.45, 2.75) is 71.4 Å². The van der Waals surface area contributed by atoms with Crippen molar-refractivity contribution < 1.29 is 9.59 Å². The zero-order valence-electron chi connectivity index (χ0n) is 11.9. The lowest BCUT2D eigenvalue weighted by Crippen LogP contribution is -2.48. The molecular weight excluding hydrogens is 228 g/mol. The minimum absolute atomic E-state index is 0.00986. The van der Waals surface area contributed by atoms with Crippen molar-refractivity contribution in [1.29, 1.82) is 0 Å². The first-order valence-corrected chi connectivity index (χ1v) is 7.23. The lowest BCUT2D eigenvalue weighted by molar-refractivity contribution is -0.136. The minimum Gasteiger partial charge on any atom is -0.344 e. The van der Waals surface area contributed by atoms with Gasteiger partial charge in [0, 0.05) is 19.0 Å². The molecule has 104 valence electrons. The highest BCUT2D eigenvalue weighted by Crippen LogP contribution is 2.17. The van der Waals surface area contributed by atoms with Gasteiger partial charge in [-0.05, 0) is 19.3 Å². The van der Waals surface area contributed by atoms with Crippen molar-refractivity contribution in [3.8, 4) is 0 Å². The summed E-state index contributed by atoms with van der Waals surface area (Å²) < 4.78 is 0. The molecular formula is C14H26N2O2. The summed E-state index contributed by atoms with van der Waals surface area (Å²) in [6.45, 7) is 6.86. The third kappa shape index (κ3) is 3.72. The predicted molar refractivity (Wildman–Crippen MR) is 72.2 cm³/mol. The molecule has 1 saturated heterocycles. The van der Waals surface area contributed by atoms with Crippen LogP contribution >= 0.6 is 0 Å². The van der Waals surface area contributed by atoms with Crippen LogP contribution in [0.4, 0.5) is 0 Å². The number of amides is 2. The van der Waals surface area contributed by atoms with Gasteiger partial charge in [-0.15, -0.1) is 0 Å². The highest BCUT2D eigenvalue weighted by atomic mass is 16.2. The predicted octanol–water partition coefficient (Wildman–Crippen LogP) is 2.08. The van der Waals surface area contributed by atoms with E-state index in [0.29, 0.717) is 13.0 Å². The molecule has 2 atom stereocenters. The fraction of sp³-hybridized carbons (Fsp3) is 0.857. The van der Waals surface area contributed by atoms with Gasteiger partial charge in [0.2, 0.25) is 11.8 Å². The average Bonchev–Trinajstić information content (AvgIpc) is 2.48. The molecule has 0 radical (unpaired) electrons. The van der Waals surface area contributed by atoms with Gasteiger partial charge in [-0.2, -0.15) is 0 Å². The fourth-order valence-corrected chi connectivity index (χ4v) is 2.62. The van der Waals surface area contributed by atoms with Crippen LogP contribution < -0.4 is 5.32 Å². The van der Waals surface area contributed by atoms with Gasteiger partial charge in [0.25, 0.3) is 0 Å². The molecule has 0 bridgehead atoms. The Hall–Kier alpha value is -1.06. The van der Waals surface area contributed by atoms with Gasteiger partial charge in [0.15, 0.2) is 0 Å². The highest BCUT2D eigenvalue weighted by Gasteiger charge is 2.32. The molecule has 0 aliphatic carbocycles. The van der Waals surface area contributed by atoms with Crippen molar-refractivity contribution in [2.75, 3.05) is 6.54 Å². The van der Waals surface area contributed by atoms with E-state index >= 15 is 0 Å². The lowest BCUT2D eigenvalue weighted by atomic mass is 10.0. The average molecular weight is 254 g/mol. The van der Waals surface area contributed by atoms with Crippen LogP contribution in [-0.2, 0) is 9.59 Å². The molecule has 4 heteroatoms. The lowest BCUT2D eigenvalue weighted by Gasteiger charge is -2.31. The second kappa shape index (κ2) is 7.39. The van der Waals surface area contributed by atoms with Crippen LogP contribution in [0.5, 0.6) is 0 Å². The third-order valence-corrected chi connectivity index (χ3v) is 3.61. The highest BCUT2D eigenvalue weighted by molar-refractivity contribution is 5.90. The molecule has 4 nitrogen and oxygen atoms in total. The Morgan fingerprint density at radius 1 is 1.28 bits per heavy atom. The van der Waals surface area contributed by atoms with Gasteiger partial charge in [-0.1, -0.05) is 33.6 Å². The summed E-state index contributed by atoms with van der Waals surface area (Å²) in [6.07, 6.45) is 5.15. The molecule has 0 aromatic carbocycles. The van der Waals surface area contributed by atoms with E-state index in [1.165, 1.54) is 0 Å². The van der Waals surface area contributed by atoms with Gasteiger partial charge in [0.1, 0.15) is 6.04 Å². The second-order valence-electron chi connectivity index (χ2n) is 5.04. The molecule has 1 rings (SSSR count). The fourth-order valence-electron chi connectivity index (χ4n) is 2.62. The first-order valence-electron chi connectivity index (χ1n) is 7.23. The molecule has 1 heterocycles. The number of carbonyl (C=O) groups is 2. The molecule has 1 aliphatic rings. The molecule has 0 saturated carbocycles. The van der Waals surface area contributed by atoms with Gasteiger partial charge >= 0.3 is 0 Å². The molecule has 1 fully saturated rings. The number of carbonyl (C=O) groups excluding carboxylic acids is 2. The molecule has 0 spiro atoms. The van der Waals surface area contributed by atoms with E-state index in [1.54, 1.807) is 0 Å². The zero-order chi connectivity index (χ0) is 13.5. The largest absolute Gasteiger partial charge is 0.344 e. The van der Waals surface area contributed by atoms with Gasteiger partial charge < -0.3 is 10.2 Å². The molecule has 2 amide bonds.